The molecule has 4 rings (SSSR count). The summed E-state index contributed by atoms with van der Waals surface area (Å²) in [4.78, 5) is 28.6. The van der Waals surface area contributed by atoms with E-state index in [1.807, 2.05) is 80.3 Å². The average molecular weight is 454 g/mol. The average Bonchev–Trinajstić information content (AvgIpc) is 3.37. The Kier molecular flexibility index (Phi) is 10.7. The molecule has 170 valence electrons. The molecule has 3 aromatic rings. The van der Waals surface area contributed by atoms with Gasteiger partial charge in [-0.05, 0) is 55.7 Å². The molecule has 6 heteroatoms. The van der Waals surface area contributed by atoms with Gasteiger partial charge >= 0.3 is 0 Å². The second kappa shape index (κ2) is 13.5. The molecule has 0 unspecified atom stereocenters. The zero-order chi connectivity index (χ0) is 23.3. The number of fused-ring (bicyclic) bond motifs is 1. The van der Waals surface area contributed by atoms with Crippen molar-refractivity contribution in [2.45, 2.75) is 46.5 Å². The molecule has 2 amide bonds. The SMILES string of the molecule is CCC(=O)N1CCCC1.CCC(=O)Nc1c(C)ccc2ncccc12.Clc1ccccc1. The normalized spacial score (nSPS) is 12.3. The van der Waals surface area contributed by atoms with Crippen LogP contribution in [0.3, 0.4) is 0 Å². The first-order chi connectivity index (χ1) is 15.5. The van der Waals surface area contributed by atoms with Crippen molar-refractivity contribution in [2.24, 2.45) is 0 Å². The van der Waals surface area contributed by atoms with E-state index < -0.39 is 0 Å². The van der Waals surface area contributed by atoms with E-state index >= 15 is 0 Å². The van der Waals surface area contributed by atoms with Crippen molar-refractivity contribution in [3.63, 3.8) is 0 Å². The third kappa shape index (κ3) is 7.97. The Morgan fingerprint density at radius 2 is 1.66 bits per heavy atom. The fourth-order valence-corrected chi connectivity index (χ4v) is 3.41. The Morgan fingerprint density at radius 3 is 2.22 bits per heavy atom. The summed E-state index contributed by atoms with van der Waals surface area (Å²) < 4.78 is 0. The van der Waals surface area contributed by atoms with Gasteiger partial charge in [0.05, 0.1) is 11.2 Å². The highest BCUT2D eigenvalue weighted by Gasteiger charge is 2.15. The minimum Gasteiger partial charge on any atom is -0.343 e. The Morgan fingerprint density at radius 1 is 0.969 bits per heavy atom. The zero-order valence-electron chi connectivity index (χ0n) is 19.1. The number of aryl methyl sites for hydroxylation is 1. The number of hydrogen-bond acceptors (Lipinski definition) is 3. The fraction of sp³-hybridized carbons (Fsp3) is 0.346. The van der Waals surface area contributed by atoms with Gasteiger partial charge in [-0.1, -0.05) is 49.7 Å². The van der Waals surface area contributed by atoms with Crippen LogP contribution in [-0.2, 0) is 9.59 Å². The molecule has 0 spiro atoms. The molecule has 5 nitrogen and oxygen atoms in total. The lowest BCUT2D eigenvalue weighted by Crippen LogP contribution is -2.26. The second-order valence-electron chi connectivity index (χ2n) is 7.47. The van der Waals surface area contributed by atoms with Gasteiger partial charge in [0.2, 0.25) is 11.8 Å². The maximum Gasteiger partial charge on any atom is 0.224 e. The molecule has 1 saturated heterocycles. The number of carbonyl (C=O) groups excluding carboxylic acids is 2. The molecule has 32 heavy (non-hydrogen) atoms. The number of benzene rings is 2. The molecule has 0 atom stereocenters. The highest BCUT2D eigenvalue weighted by atomic mass is 35.5. The lowest BCUT2D eigenvalue weighted by molar-refractivity contribution is -0.129. The first kappa shape index (κ1) is 25.3. The molecule has 2 aromatic carbocycles. The number of carbonyl (C=O) groups is 2. The Hall–Kier alpha value is -2.92. The van der Waals surface area contributed by atoms with Gasteiger partial charge in [-0.2, -0.15) is 0 Å². The molecule has 0 bridgehead atoms. The van der Waals surface area contributed by atoms with Crippen LogP contribution in [0.5, 0.6) is 0 Å². The lowest BCUT2D eigenvalue weighted by atomic mass is 10.1. The van der Waals surface area contributed by atoms with Gasteiger partial charge in [0.25, 0.3) is 0 Å². The van der Waals surface area contributed by atoms with Crippen LogP contribution in [0.4, 0.5) is 5.69 Å². The summed E-state index contributed by atoms with van der Waals surface area (Å²) in [6.07, 6.45) is 5.30. The number of halogens is 1. The third-order valence-corrected chi connectivity index (χ3v) is 5.33. The molecule has 1 aliphatic heterocycles. The predicted octanol–water partition coefficient (Wildman–Crippen LogP) is 6.25. The van der Waals surface area contributed by atoms with Gasteiger partial charge in [-0.3, -0.25) is 14.6 Å². The Bertz CT molecular complexity index is 1000. The van der Waals surface area contributed by atoms with E-state index in [4.69, 9.17) is 11.6 Å². The van der Waals surface area contributed by atoms with Crippen molar-refractivity contribution in [1.82, 2.24) is 9.88 Å². The molecule has 0 radical (unpaired) electrons. The minimum absolute atomic E-state index is 0.0273. The zero-order valence-corrected chi connectivity index (χ0v) is 19.9. The van der Waals surface area contributed by atoms with Crippen LogP contribution in [0.25, 0.3) is 10.9 Å². The van der Waals surface area contributed by atoms with Crippen LogP contribution < -0.4 is 5.32 Å². The van der Waals surface area contributed by atoms with Crippen LogP contribution in [-0.4, -0.2) is 34.8 Å². The summed E-state index contributed by atoms with van der Waals surface area (Å²) in [6.45, 7) is 7.73. The first-order valence-electron chi connectivity index (χ1n) is 11.1. The molecule has 1 aliphatic rings. The van der Waals surface area contributed by atoms with Gasteiger partial charge in [0, 0.05) is 42.5 Å². The molecule has 2 heterocycles. The number of nitrogens with zero attached hydrogens (tertiary/aromatic N) is 2. The molecule has 1 N–H and O–H groups in total. The minimum atomic E-state index is 0.0273. The quantitative estimate of drug-likeness (QED) is 0.509. The van der Waals surface area contributed by atoms with Gasteiger partial charge < -0.3 is 10.2 Å². The molecule has 0 aliphatic carbocycles. The standard InChI is InChI=1S/C13H14N2O.C7H13NO.C6H5Cl/c1-3-12(16)15-13-9(2)6-7-11-10(13)5-4-8-14-11;1-2-7(9)8-5-3-4-6-8;7-6-4-2-1-3-5-6/h4-8H,3H2,1-2H3,(H,15,16);2-6H2,1H3;1-5H. The summed E-state index contributed by atoms with van der Waals surface area (Å²) >= 11 is 5.54. The van der Waals surface area contributed by atoms with E-state index in [9.17, 15) is 9.59 Å². The Labute approximate surface area is 195 Å². The Balaban J connectivity index is 0.000000191. The van der Waals surface area contributed by atoms with Crippen molar-refractivity contribution >= 4 is 40.0 Å². The topological polar surface area (TPSA) is 62.3 Å². The highest BCUT2D eigenvalue weighted by Crippen LogP contribution is 2.25. The van der Waals surface area contributed by atoms with Gasteiger partial charge in [-0.25, -0.2) is 0 Å². The number of amides is 2. The summed E-state index contributed by atoms with van der Waals surface area (Å²) in [6, 6.07) is 17.2. The summed E-state index contributed by atoms with van der Waals surface area (Å²) in [5.74, 6) is 0.340. The number of likely N-dealkylation sites (tertiary alicyclic amines) is 1. The van der Waals surface area contributed by atoms with Crippen molar-refractivity contribution in [1.29, 1.82) is 0 Å². The molecule has 0 saturated carbocycles. The number of pyridine rings is 1. The number of rotatable bonds is 3. The predicted molar refractivity (Wildman–Crippen MR) is 133 cm³/mol. The number of aromatic nitrogens is 1. The molecular weight excluding hydrogens is 422 g/mol. The van der Waals surface area contributed by atoms with Gasteiger partial charge in [-0.15, -0.1) is 0 Å². The summed E-state index contributed by atoms with van der Waals surface area (Å²) in [5, 5.41) is 4.71. The lowest BCUT2D eigenvalue weighted by Gasteiger charge is -2.12. The maximum absolute atomic E-state index is 11.4. The van der Waals surface area contributed by atoms with Crippen LogP contribution in [0.15, 0.2) is 60.8 Å². The van der Waals surface area contributed by atoms with Gasteiger partial charge in [0.15, 0.2) is 0 Å². The van der Waals surface area contributed by atoms with Gasteiger partial charge in [0.1, 0.15) is 0 Å². The van der Waals surface area contributed by atoms with Crippen molar-refractivity contribution in [3.8, 4) is 0 Å². The highest BCUT2D eigenvalue weighted by molar-refractivity contribution is 6.30. The van der Waals surface area contributed by atoms with E-state index in [1.54, 1.807) is 6.20 Å². The van der Waals surface area contributed by atoms with Crippen molar-refractivity contribution < 1.29 is 9.59 Å². The number of anilines is 1. The maximum atomic E-state index is 11.4. The smallest absolute Gasteiger partial charge is 0.224 e. The fourth-order valence-electron chi connectivity index (χ4n) is 3.26. The first-order valence-corrected chi connectivity index (χ1v) is 11.5. The van der Waals surface area contributed by atoms with Crippen molar-refractivity contribution in [2.75, 3.05) is 18.4 Å². The van der Waals surface area contributed by atoms with E-state index in [-0.39, 0.29) is 5.91 Å². The summed E-state index contributed by atoms with van der Waals surface area (Å²) in [5.41, 5.74) is 2.83. The molecule has 1 fully saturated rings. The number of nitrogens with one attached hydrogen (secondary N) is 1. The van der Waals surface area contributed by atoms with Crippen LogP contribution >= 0.6 is 11.6 Å². The number of hydrogen-bond donors (Lipinski definition) is 1. The van der Waals surface area contributed by atoms with Crippen LogP contribution in [0.1, 0.15) is 45.1 Å². The monoisotopic (exact) mass is 453 g/mol. The van der Waals surface area contributed by atoms with E-state index in [0.29, 0.717) is 18.7 Å². The van der Waals surface area contributed by atoms with E-state index in [2.05, 4.69) is 10.3 Å². The molecular formula is C26H32ClN3O2. The van der Waals surface area contributed by atoms with Crippen molar-refractivity contribution in [3.05, 3.63) is 71.4 Å². The third-order valence-electron chi connectivity index (χ3n) is 5.07. The van der Waals surface area contributed by atoms with E-state index in [0.717, 1.165) is 40.3 Å². The van der Waals surface area contributed by atoms with E-state index in [1.165, 1.54) is 12.8 Å². The summed E-state index contributed by atoms with van der Waals surface area (Å²) in [7, 11) is 0. The second-order valence-corrected chi connectivity index (χ2v) is 7.90. The largest absolute Gasteiger partial charge is 0.343 e. The molecule has 1 aromatic heterocycles. The van der Waals surface area contributed by atoms with Crippen LogP contribution in [0.2, 0.25) is 5.02 Å². The van der Waals surface area contributed by atoms with Crippen LogP contribution in [0, 0.1) is 6.92 Å².